The molecule has 0 amide bonds. The van der Waals surface area contributed by atoms with Crippen LogP contribution in [0.4, 0.5) is 4.39 Å². The van der Waals surface area contributed by atoms with Crippen molar-refractivity contribution in [3.63, 3.8) is 0 Å². The molecule has 12 heteroatoms. The van der Waals surface area contributed by atoms with Gasteiger partial charge < -0.3 is 24.7 Å². The summed E-state index contributed by atoms with van der Waals surface area (Å²) < 4.78 is 39.9. The molecule has 43 heavy (non-hydrogen) atoms. The number of nitrogens with two attached hydrogens (primary N) is 1. The monoisotopic (exact) mass is 669 g/mol. The molecule has 0 radical (unpaired) electrons. The van der Waals surface area contributed by atoms with Gasteiger partial charge in [-0.2, -0.15) is 5.10 Å². The van der Waals surface area contributed by atoms with Gasteiger partial charge in [0, 0.05) is 54.4 Å². The number of hydrazone groups is 1. The van der Waals surface area contributed by atoms with Gasteiger partial charge in [0.15, 0.2) is 22.4 Å². The van der Waals surface area contributed by atoms with Gasteiger partial charge in [-0.05, 0) is 54.5 Å². The molecule has 0 spiro atoms. The summed E-state index contributed by atoms with van der Waals surface area (Å²) in [5.74, 6) is 1.22. The summed E-state index contributed by atoms with van der Waals surface area (Å²) in [7, 11) is 1.58. The highest BCUT2D eigenvalue weighted by molar-refractivity contribution is 9.10. The number of morpholine rings is 1. The molecule has 0 saturated carbocycles. The highest BCUT2D eigenvalue weighted by Gasteiger charge is 2.34. The number of ether oxygens (including phenoxy) is 4. The molecule has 2 aromatic carbocycles. The third-order valence-electron chi connectivity index (χ3n) is 7.27. The van der Waals surface area contributed by atoms with Crippen LogP contribution in [0, 0.1) is 0 Å². The van der Waals surface area contributed by atoms with Crippen LogP contribution in [-0.4, -0.2) is 67.8 Å². The number of thiocarbonyl (C=S) groups is 1. The zero-order valence-electron chi connectivity index (χ0n) is 23.7. The van der Waals surface area contributed by atoms with Gasteiger partial charge in [0.2, 0.25) is 0 Å². The lowest BCUT2D eigenvalue weighted by Gasteiger charge is -2.30. The Hall–Kier alpha value is -3.58. The minimum atomic E-state index is -0.893. The van der Waals surface area contributed by atoms with E-state index in [2.05, 4.69) is 36.3 Å². The standard InChI is InChI=1S/C31H33BrFN5O4S/c1-39-28-17-23-25(18-29(28)41-13-3-10-38-11-14-40-15-12-38)35-9-7-26(23)42-27-6-8-31(19-24(27)33,20-36-37-30(34)43)21-4-2-5-22(32)16-21/h2,4-9,16-18,20H,3,10-15,19H2,1H3,(H3,34,37,43). The molecule has 1 atom stereocenters. The number of rotatable bonds is 11. The second-order valence-electron chi connectivity index (χ2n) is 10.2. The minimum absolute atomic E-state index is 0.0157. The third kappa shape index (κ3) is 7.69. The number of benzene rings is 2. The Kier molecular flexibility index (Phi) is 10.2. The van der Waals surface area contributed by atoms with Gasteiger partial charge in [-0.15, -0.1) is 0 Å². The van der Waals surface area contributed by atoms with E-state index in [1.165, 1.54) is 0 Å². The number of allylic oxidation sites excluding steroid dienone is 3. The summed E-state index contributed by atoms with van der Waals surface area (Å²) >= 11 is 8.37. The molecule has 2 aliphatic rings. The number of hydrogen-bond acceptors (Lipinski definition) is 8. The van der Waals surface area contributed by atoms with E-state index in [1.54, 1.807) is 37.7 Å². The fourth-order valence-corrected chi connectivity index (χ4v) is 5.51. The third-order valence-corrected chi connectivity index (χ3v) is 7.85. The van der Waals surface area contributed by atoms with Crippen molar-refractivity contribution >= 4 is 50.4 Å². The molecule has 9 nitrogen and oxygen atoms in total. The maximum atomic E-state index is 15.8. The van der Waals surface area contributed by atoms with Gasteiger partial charge in [-0.3, -0.25) is 15.3 Å². The fraction of sp³-hybridized carbons (Fsp3) is 0.323. The Morgan fingerprint density at radius 3 is 2.81 bits per heavy atom. The first-order valence-corrected chi connectivity index (χ1v) is 15.1. The Morgan fingerprint density at radius 2 is 2.07 bits per heavy atom. The molecule has 226 valence electrons. The molecule has 1 unspecified atom stereocenters. The van der Waals surface area contributed by atoms with Crippen LogP contribution in [0.1, 0.15) is 18.4 Å². The second-order valence-corrected chi connectivity index (χ2v) is 11.5. The quantitative estimate of drug-likeness (QED) is 0.120. The summed E-state index contributed by atoms with van der Waals surface area (Å²) in [6, 6.07) is 12.9. The number of methoxy groups -OCH3 is 1. The zero-order chi connectivity index (χ0) is 30.2. The average Bonchev–Trinajstić information content (AvgIpc) is 3.00. The lowest BCUT2D eigenvalue weighted by molar-refractivity contribution is 0.0357. The first kappa shape index (κ1) is 30.9. The van der Waals surface area contributed by atoms with Crippen molar-refractivity contribution in [2.75, 3.05) is 46.6 Å². The van der Waals surface area contributed by atoms with Gasteiger partial charge in [0.05, 0.1) is 37.9 Å². The predicted octanol–water partition coefficient (Wildman–Crippen LogP) is 5.38. The number of halogens is 2. The van der Waals surface area contributed by atoms with Gasteiger partial charge in [0.1, 0.15) is 11.6 Å². The Bertz CT molecular complexity index is 1560. The Morgan fingerprint density at radius 1 is 1.23 bits per heavy atom. The van der Waals surface area contributed by atoms with E-state index in [9.17, 15) is 0 Å². The molecule has 3 aromatic rings. The lowest BCUT2D eigenvalue weighted by atomic mass is 9.76. The first-order chi connectivity index (χ1) is 20.9. The van der Waals surface area contributed by atoms with Gasteiger partial charge >= 0.3 is 0 Å². The van der Waals surface area contributed by atoms with E-state index in [4.69, 9.17) is 36.9 Å². The van der Waals surface area contributed by atoms with Gasteiger partial charge in [-0.1, -0.05) is 34.1 Å². The van der Waals surface area contributed by atoms with E-state index in [1.807, 2.05) is 36.4 Å². The summed E-state index contributed by atoms with van der Waals surface area (Å²) in [4.78, 5) is 6.86. The van der Waals surface area contributed by atoms with Crippen LogP contribution >= 0.6 is 28.1 Å². The van der Waals surface area contributed by atoms with Crippen LogP contribution < -0.4 is 25.4 Å². The van der Waals surface area contributed by atoms with Crippen LogP contribution in [0.5, 0.6) is 17.2 Å². The molecule has 1 aliphatic carbocycles. The highest BCUT2D eigenvalue weighted by atomic mass is 79.9. The SMILES string of the molecule is COc1cc2c(OC3=C(F)CC(C=NNC(N)=S)(c4cccc(Br)c4)C=C3)ccnc2cc1OCCCN1CCOCC1. The molecular weight excluding hydrogens is 637 g/mol. The first-order valence-electron chi connectivity index (χ1n) is 13.9. The second kappa shape index (κ2) is 14.3. The number of pyridine rings is 1. The maximum absolute atomic E-state index is 15.8. The maximum Gasteiger partial charge on any atom is 0.184 e. The average molecular weight is 671 g/mol. The van der Waals surface area contributed by atoms with E-state index in [0.717, 1.165) is 49.3 Å². The van der Waals surface area contributed by atoms with Crippen molar-refractivity contribution in [1.82, 2.24) is 15.3 Å². The van der Waals surface area contributed by atoms with E-state index >= 15 is 4.39 Å². The Balaban J connectivity index is 1.34. The lowest BCUT2D eigenvalue weighted by Crippen LogP contribution is -2.37. The summed E-state index contributed by atoms with van der Waals surface area (Å²) in [6.07, 6.45) is 7.53. The molecule has 1 saturated heterocycles. The van der Waals surface area contributed by atoms with Crippen LogP contribution in [-0.2, 0) is 10.2 Å². The zero-order valence-corrected chi connectivity index (χ0v) is 26.1. The van der Waals surface area contributed by atoms with Crippen LogP contribution in [0.25, 0.3) is 10.9 Å². The van der Waals surface area contributed by atoms with E-state index in [-0.39, 0.29) is 17.3 Å². The van der Waals surface area contributed by atoms with E-state index < -0.39 is 11.2 Å². The van der Waals surface area contributed by atoms with Crippen LogP contribution in [0.3, 0.4) is 0 Å². The topological polar surface area (TPSA) is 103 Å². The largest absolute Gasteiger partial charge is 0.493 e. The summed E-state index contributed by atoms with van der Waals surface area (Å²) in [5.41, 5.74) is 8.67. The van der Waals surface area contributed by atoms with Crippen molar-refractivity contribution in [2.45, 2.75) is 18.3 Å². The van der Waals surface area contributed by atoms with Crippen LogP contribution in [0.2, 0.25) is 0 Å². The molecule has 3 N–H and O–H groups in total. The van der Waals surface area contributed by atoms with Crippen LogP contribution in [0.15, 0.2) is 82.0 Å². The number of aromatic nitrogens is 1. The number of fused-ring (bicyclic) bond motifs is 1. The van der Waals surface area contributed by atoms with Crippen molar-refractivity contribution in [3.8, 4) is 17.2 Å². The van der Waals surface area contributed by atoms with Crippen molar-refractivity contribution in [1.29, 1.82) is 0 Å². The fourth-order valence-electron chi connectivity index (χ4n) is 5.06. The number of hydrogen-bond donors (Lipinski definition) is 2. The van der Waals surface area contributed by atoms with Gasteiger partial charge in [-0.25, -0.2) is 4.39 Å². The summed E-state index contributed by atoms with van der Waals surface area (Å²) in [6.45, 7) is 4.90. The Labute approximate surface area is 263 Å². The smallest absolute Gasteiger partial charge is 0.184 e. The molecule has 2 heterocycles. The molecular formula is C31H33BrFN5O4S. The number of nitrogens with zero attached hydrogens (tertiary/aromatic N) is 3. The number of nitrogens with one attached hydrogen (secondary N) is 1. The molecule has 1 aromatic heterocycles. The molecule has 5 rings (SSSR count). The van der Waals surface area contributed by atoms with Crippen molar-refractivity contribution in [3.05, 3.63) is 82.4 Å². The molecule has 1 fully saturated rings. The van der Waals surface area contributed by atoms with Crippen molar-refractivity contribution < 1.29 is 23.3 Å². The minimum Gasteiger partial charge on any atom is -0.493 e. The summed E-state index contributed by atoms with van der Waals surface area (Å²) in [5, 5.41) is 4.84. The molecule has 0 bridgehead atoms. The van der Waals surface area contributed by atoms with E-state index in [0.29, 0.717) is 34.8 Å². The molecule has 1 aliphatic heterocycles. The normalized spacial score (nSPS) is 19.1. The highest BCUT2D eigenvalue weighted by Crippen LogP contribution is 2.40. The van der Waals surface area contributed by atoms with Gasteiger partial charge in [0.25, 0.3) is 0 Å². The predicted molar refractivity (Wildman–Crippen MR) is 172 cm³/mol. The van der Waals surface area contributed by atoms with Crippen molar-refractivity contribution in [2.24, 2.45) is 10.8 Å².